The number of thiazole rings is 1. The molecule has 0 spiro atoms. The number of anilines is 1. The van der Waals surface area contributed by atoms with E-state index in [0.717, 1.165) is 39.0 Å². The molecule has 1 aromatic carbocycles. The maximum Gasteiger partial charge on any atom is 0.234 e. The van der Waals surface area contributed by atoms with Crippen LogP contribution in [0, 0.1) is 13.8 Å². The molecular weight excluding hydrogens is 400 g/mol. The zero-order valence-corrected chi connectivity index (χ0v) is 17.3. The maximum absolute atomic E-state index is 12.3. The molecule has 27 heavy (non-hydrogen) atoms. The Kier molecular flexibility index (Phi) is 5.46. The van der Waals surface area contributed by atoms with Gasteiger partial charge in [0.1, 0.15) is 0 Å². The van der Waals surface area contributed by atoms with Crippen LogP contribution in [0.1, 0.15) is 30.1 Å². The van der Waals surface area contributed by atoms with Crippen molar-refractivity contribution in [2.75, 3.05) is 11.1 Å². The highest BCUT2D eigenvalue weighted by Gasteiger charge is 2.28. The summed E-state index contributed by atoms with van der Waals surface area (Å²) >= 11 is 4.64. The van der Waals surface area contributed by atoms with Crippen molar-refractivity contribution in [3.8, 4) is 0 Å². The van der Waals surface area contributed by atoms with Gasteiger partial charge in [-0.3, -0.25) is 4.79 Å². The Balaban J connectivity index is 1.34. The van der Waals surface area contributed by atoms with Gasteiger partial charge in [0.15, 0.2) is 4.34 Å². The van der Waals surface area contributed by atoms with Crippen molar-refractivity contribution in [2.45, 2.75) is 47.1 Å². The van der Waals surface area contributed by atoms with E-state index in [0.29, 0.717) is 11.2 Å². The lowest BCUT2D eigenvalue weighted by atomic mass is 10.2. The summed E-state index contributed by atoms with van der Waals surface area (Å²) in [4.78, 5) is 17.9. The minimum atomic E-state index is -0.0654. The second-order valence-corrected chi connectivity index (χ2v) is 9.43. The van der Waals surface area contributed by atoms with Gasteiger partial charge in [-0.1, -0.05) is 23.5 Å². The van der Waals surface area contributed by atoms with Gasteiger partial charge < -0.3 is 5.32 Å². The first-order valence-electron chi connectivity index (χ1n) is 8.49. The summed E-state index contributed by atoms with van der Waals surface area (Å²) in [5, 5.41) is 17.4. The normalized spacial score (nSPS) is 13.7. The number of hydrogen-bond acceptors (Lipinski definition) is 8. The van der Waals surface area contributed by atoms with Crippen LogP contribution in [-0.2, 0) is 4.79 Å². The van der Waals surface area contributed by atoms with E-state index in [1.165, 1.54) is 11.8 Å². The predicted octanol–water partition coefficient (Wildman–Crippen LogP) is 3.96. The van der Waals surface area contributed by atoms with Crippen molar-refractivity contribution < 1.29 is 4.79 Å². The molecule has 140 valence electrons. The van der Waals surface area contributed by atoms with Crippen LogP contribution in [0.25, 0.3) is 0 Å². The first-order valence-corrected chi connectivity index (χ1v) is 11.2. The monoisotopic (exact) mass is 418 g/mol. The van der Waals surface area contributed by atoms with E-state index < -0.39 is 0 Å². The highest BCUT2D eigenvalue weighted by molar-refractivity contribution is 8.01. The number of nitrogens with zero attached hydrogens (tertiary/aromatic N) is 5. The molecule has 2 aromatic heterocycles. The lowest BCUT2D eigenvalue weighted by molar-refractivity contribution is -0.113. The molecule has 1 aliphatic carbocycles. The molecule has 3 aromatic rings. The van der Waals surface area contributed by atoms with E-state index in [2.05, 4.69) is 31.9 Å². The van der Waals surface area contributed by atoms with E-state index in [1.807, 2.05) is 36.0 Å². The molecule has 0 atom stereocenters. The molecule has 1 fully saturated rings. The van der Waals surface area contributed by atoms with Crippen LogP contribution in [0.2, 0.25) is 0 Å². The molecule has 0 aliphatic heterocycles. The van der Waals surface area contributed by atoms with Crippen LogP contribution >= 0.6 is 34.9 Å². The SMILES string of the molecule is Cc1csc(Sc2ccc(NC(=O)CSc3nnnn3C3CC3)c(C)c2)n1. The van der Waals surface area contributed by atoms with Gasteiger partial charge in [-0.15, -0.1) is 16.4 Å². The maximum atomic E-state index is 12.3. The number of tetrazole rings is 1. The van der Waals surface area contributed by atoms with E-state index in [-0.39, 0.29) is 11.7 Å². The van der Waals surface area contributed by atoms with E-state index in [4.69, 9.17) is 0 Å². The fourth-order valence-electron chi connectivity index (χ4n) is 2.47. The quantitative estimate of drug-likeness (QED) is 0.581. The third kappa shape index (κ3) is 4.69. The van der Waals surface area contributed by atoms with Gasteiger partial charge in [-0.2, -0.15) is 0 Å². The molecule has 1 saturated carbocycles. The summed E-state index contributed by atoms with van der Waals surface area (Å²) in [6.45, 7) is 3.99. The van der Waals surface area contributed by atoms with Crippen LogP contribution < -0.4 is 5.32 Å². The van der Waals surface area contributed by atoms with Gasteiger partial charge in [0, 0.05) is 21.7 Å². The minimum Gasteiger partial charge on any atom is -0.325 e. The second kappa shape index (κ2) is 7.99. The van der Waals surface area contributed by atoms with Crippen molar-refractivity contribution in [2.24, 2.45) is 0 Å². The molecule has 4 rings (SSSR count). The number of rotatable bonds is 7. The highest BCUT2D eigenvalue weighted by atomic mass is 32.2. The Hall–Kier alpha value is -1.91. The number of carbonyl (C=O) groups is 1. The number of thioether (sulfide) groups is 1. The Bertz CT molecular complexity index is 965. The summed E-state index contributed by atoms with van der Waals surface area (Å²) in [6.07, 6.45) is 2.21. The van der Waals surface area contributed by atoms with Crippen LogP contribution in [0.3, 0.4) is 0 Å². The van der Waals surface area contributed by atoms with Gasteiger partial charge >= 0.3 is 0 Å². The molecular formula is C17H18N6OS3. The van der Waals surface area contributed by atoms with Crippen LogP contribution in [0.15, 0.2) is 38.0 Å². The van der Waals surface area contributed by atoms with E-state index >= 15 is 0 Å². The second-order valence-electron chi connectivity index (χ2n) is 6.31. The Morgan fingerprint density at radius 3 is 2.93 bits per heavy atom. The molecule has 2 heterocycles. The molecule has 7 nitrogen and oxygen atoms in total. The summed E-state index contributed by atoms with van der Waals surface area (Å²) in [7, 11) is 0. The summed E-state index contributed by atoms with van der Waals surface area (Å²) in [5.74, 6) is 0.214. The van der Waals surface area contributed by atoms with Crippen molar-refractivity contribution >= 4 is 46.5 Å². The average Bonchev–Trinajstić information content (AvgIpc) is 3.23. The predicted molar refractivity (Wildman–Crippen MR) is 108 cm³/mol. The number of aromatic nitrogens is 5. The molecule has 1 amide bonds. The summed E-state index contributed by atoms with van der Waals surface area (Å²) < 4.78 is 2.84. The standard InChI is InChI=1S/C17H18N6OS3/c1-10-7-13(27-17-18-11(2)8-26-17)5-6-14(10)19-15(24)9-25-16-20-21-22-23(16)12-3-4-12/h5-8,12H,3-4,9H2,1-2H3,(H,19,24). The van der Waals surface area contributed by atoms with Crippen molar-refractivity contribution in [3.63, 3.8) is 0 Å². The molecule has 0 radical (unpaired) electrons. The van der Waals surface area contributed by atoms with Gasteiger partial charge in [0.2, 0.25) is 11.1 Å². The fraction of sp³-hybridized carbons (Fsp3) is 0.353. The lowest BCUT2D eigenvalue weighted by Crippen LogP contribution is -2.15. The number of hydrogen-bond donors (Lipinski definition) is 1. The summed E-state index contributed by atoms with van der Waals surface area (Å²) in [5.41, 5.74) is 2.88. The Labute approximate surface area is 169 Å². The van der Waals surface area contributed by atoms with Gasteiger partial charge in [-0.05, 0) is 60.9 Å². The topological polar surface area (TPSA) is 85.6 Å². The number of carbonyl (C=O) groups excluding carboxylic acids is 1. The van der Waals surface area contributed by atoms with Gasteiger partial charge in [0.05, 0.1) is 11.8 Å². The Morgan fingerprint density at radius 1 is 1.37 bits per heavy atom. The number of nitrogens with one attached hydrogen (secondary N) is 1. The largest absolute Gasteiger partial charge is 0.325 e. The zero-order valence-electron chi connectivity index (χ0n) is 14.9. The van der Waals surface area contributed by atoms with Crippen LogP contribution in [-0.4, -0.2) is 36.9 Å². The van der Waals surface area contributed by atoms with Crippen LogP contribution in [0.4, 0.5) is 5.69 Å². The molecule has 1 N–H and O–H groups in total. The first-order chi connectivity index (χ1) is 13.1. The smallest absolute Gasteiger partial charge is 0.234 e. The molecule has 10 heteroatoms. The van der Waals surface area contributed by atoms with Gasteiger partial charge in [0.25, 0.3) is 0 Å². The molecule has 0 unspecified atom stereocenters. The van der Waals surface area contributed by atoms with Gasteiger partial charge in [-0.25, -0.2) is 9.67 Å². The van der Waals surface area contributed by atoms with Crippen molar-refractivity contribution in [1.82, 2.24) is 25.2 Å². The van der Waals surface area contributed by atoms with E-state index in [9.17, 15) is 4.79 Å². The van der Waals surface area contributed by atoms with Crippen molar-refractivity contribution in [3.05, 3.63) is 34.8 Å². The molecule has 1 aliphatic rings. The third-order valence-corrected chi connectivity index (χ3v) is 6.94. The summed E-state index contributed by atoms with van der Waals surface area (Å²) in [6, 6.07) is 6.41. The Morgan fingerprint density at radius 2 is 2.22 bits per heavy atom. The van der Waals surface area contributed by atoms with Crippen molar-refractivity contribution in [1.29, 1.82) is 0 Å². The lowest BCUT2D eigenvalue weighted by Gasteiger charge is -2.09. The number of aryl methyl sites for hydroxylation is 2. The first kappa shape index (κ1) is 18.5. The fourth-order valence-corrected chi connectivity index (χ4v) is 5.12. The zero-order chi connectivity index (χ0) is 18.8. The average molecular weight is 419 g/mol. The highest BCUT2D eigenvalue weighted by Crippen LogP contribution is 2.36. The van der Waals surface area contributed by atoms with E-state index in [1.54, 1.807) is 23.1 Å². The number of benzene rings is 1. The van der Waals surface area contributed by atoms with Crippen LogP contribution in [0.5, 0.6) is 0 Å². The minimum absolute atomic E-state index is 0.0654. The number of amides is 1. The molecule has 0 bridgehead atoms. The molecule has 0 saturated heterocycles. The third-order valence-electron chi connectivity index (χ3n) is 3.96.